The minimum atomic E-state index is -0.842. The molecular formula is C75H143NO5. The lowest BCUT2D eigenvalue weighted by Crippen LogP contribution is -2.45. The van der Waals surface area contributed by atoms with Crippen molar-refractivity contribution in [2.75, 3.05) is 13.2 Å². The van der Waals surface area contributed by atoms with Gasteiger partial charge in [0.15, 0.2) is 0 Å². The van der Waals surface area contributed by atoms with Crippen molar-refractivity contribution in [1.29, 1.82) is 0 Å². The van der Waals surface area contributed by atoms with Gasteiger partial charge in [-0.25, -0.2) is 0 Å². The summed E-state index contributed by atoms with van der Waals surface area (Å²) in [4.78, 5) is 24.6. The van der Waals surface area contributed by atoms with E-state index in [4.69, 9.17) is 4.74 Å². The number of nitrogens with one attached hydrogen (secondary N) is 1. The van der Waals surface area contributed by atoms with Crippen molar-refractivity contribution in [2.45, 2.75) is 418 Å². The molecule has 0 aliphatic carbocycles. The summed E-state index contributed by atoms with van der Waals surface area (Å²) >= 11 is 0. The minimum absolute atomic E-state index is 0.0199. The molecule has 0 radical (unpaired) electrons. The molecule has 0 aromatic heterocycles. The normalized spacial score (nSPS) is 12.7. The fraction of sp³-hybridized carbons (Fsp3) is 0.893. The van der Waals surface area contributed by atoms with E-state index in [-0.39, 0.29) is 18.5 Å². The SMILES string of the molecule is CCCCCCCCCCCCCC/C=C/C(O)C(CO)NC(=O)CCCCCCCCCCCCCCCCCCC/C=C\C/C=C\CCCCCCCCCCCCCOC(=O)CCCCCCCCCCCCCCCCC. The molecule has 2 unspecified atom stereocenters. The number of hydrogen-bond acceptors (Lipinski definition) is 5. The first-order chi connectivity index (χ1) is 40.0. The molecule has 0 rings (SSSR count). The predicted molar refractivity (Wildman–Crippen MR) is 356 cm³/mol. The Bertz CT molecular complexity index is 1310. The van der Waals surface area contributed by atoms with Crippen molar-refractivity contribution in [3.63, 3.8) is 0 Å². The molecule has 0 heterocycles. The van der Waals surface area contributed by atoms with Gasteiger partial charge in [-0.1, -0.05) is 365 Å². The highest BCUT2D eigenvalue weighted by molar-refractivity contribution is 5.76. The van der Waals surface area contributed by atoms with Crippen LogP contribution in [0.25, 0.3) is 0 Å². The number of amides is 1. The molecule has 478 valence electrons. The van der Waals surface area contributed by atoms with Crippen molar-refractivity contribution in [1.82, 2.24) is 5.32 Å². The highest BCUT2D eigenvalue weighted by Crippen LogP contribution is 2.19. The summed E-state index contributed by atoms with van der Waals surface area (Å²) in [6, 6.07) is -0.626. The molecule has 0 saturated heterocycles. The van der Waals surface area contributed by atoms with Crippen molar-refractivity contribution < 1.29 is 24.5 Å². The zero-order valence-corrected chi connectivity index (χ0v) is 54.8. The zero-order valence-electron chi connectivity index (χ0n) is 54.8. The van der Waals surface area contributed by atoms with Crippen molar-refractivity contribution in [3.8, 4) is 0 Å². The maximum Gasteiger partial charge on any atom is 0.305 e. The van der Waals surface area contributed by atoms with E-state index in [0.717, 1.165) is 44.9 Å². The van der Waals surface area contributed by atoms with Crippen LogP contribution >= 0.6 is 0 Å². The van der Waals surface area contributed by atoms with Gasteiger partial charge in [-0.15, -0.1) is 0 Å². The average molecular weight is 1140 g/mol. The second kappa shape index (κ2) is 70.6. The molecule has 3 N–H and O–H groups in total. The molecular weight excluding hydrogens is 995 g/mol. The number of carbonyl (C=O) groups is 2. The number of esters is 1. The number of aliphatic hydroxyl groups is 2. The number of carbonyl (C=O) groups excluding carboxylic acids is 2. The van der Waals surface area contributed by atoms with Crippen LogP contribution in [0.5, 0.6) is 0 Å². The summed E-state index contributed by atoms with van der Waals surface area (Å²) in [5, 5.41) is 23.1. The van der Waals surface area contributed by atoms with E-state index >= 15 is 0 Å². The van der Waals surface area contributed by atoms with E-state index in [1.165, 1.54) is 334 Å². The van der Waals surface area contributed by atoms with Gasteiger partial charge in [0.2, 0.25) is 5.91 Å². The van der Waals surface area contributed by atoms with Crippen LogP contribution in [0.3, 0.4) is 0 Å². The lowest BCUT2D eigenvalue weighted by atomic mass is 10.0. The monoisotopic (exact) mass is 1140 g/mol. The summed E-state index contributed by atoms with van der Waals surface area (Å²) < 4.78 is 5.50. The molecule has 0 aromatic carbocycles. The van der Waals surface area contributed by atoms with E-state index in [1.54, 1.807) is 6.08 Å². The average Bonchev–Trinajstić information content (AvgIpc) is 3.47. The quantitative estimate of drug-likeness (QED) is 0.0320. The number of ether oxygens (including phenoxy) is 1. The van der Waals surface area contributed by atoms with Crippen LogP contribution in [0.4, 0.5) is 0 Å². The Morgan fingerprint density at radius 1 is 0.346 bits per heavy atom. The van der Waals surface area contributed by atoms with E-state index in [0.29, 0.717) is 19.4 Å². The van der Waals surface area contributed by atoms with Gasteiger partial charge in [-0.05, 0) is 64.2 Å². The number of unbranched alkanes of at least 4 members (excludes halogenated alkanes) is 54. The second-order valence-electron chi connectivity index (χ2n) is 25.3. The standard InChI is InChI=1S/C75H143NO5/c1-3-5-7-9-11-13-15-17-40-45-49-53-57-61-65-69-75(80)81-70-66-62-58-54-50-46-42-39-37-35-33-31-29-27-25-23-21-19-20-22-24-26-28-30-32-34-36-38-41-44-48-52-56-60-64-68-74(79)76-72(71-77)73(78)67-63-59-55-51-47-43-18-16-14-12-10-8-6-4-2/h21,23,27,29,63,67,72-73,77-78H,3-20,22,24-26,28,30-62,64-66,68-71H2,1-2H3,(H,76,79)/b23-21-,29-27-,67-63+. The van der Waals surface area contributed by atoms with E-state index in [2.05, 4.69) is 43.5 Å². The smallest absolute Gasteiger partial charge is 0.305 e. The first kappa shape index (κ1) is 79.1. The van der Waals surface area contributed by atoms with Gasteiger partial charge in [0, 0.05) is 12.8 Å². The van der Waals surface area contributed by atoms with E-state index in [9.17, 15) is 19.8 Å². The largest absolute Gasteiger partial charge is 0.466 e. The number of hydrogen-bond donors (Lipinski definition) is 3. The number of aliphatic hydroxyl groups excluding tert-OH is 2. The predicted octanol–water partition coefficient (Wildman–Crippen LogP) is 23.9. The van der Waals surface area contributed by atoms with E-state index in [1.807, 2.05) is 6.08 Å². The maximum atomic E-state index is 12.5. The van der Waals surface area contributed by atoms with Gasteiger partial charge >= 0.3 is 5.97 Å². The molecule has 0 aliphatic heterocycles. The van der Waals surface area contributed by atoms with Gasteiger partial charge in [-0.2, -0.15) is 0 Å². The third-order valence-corrected chi connectivity index (χ3v) is 17.2. The molecule has 0 spiro atoms. The molecule has 0 bridgehead atoms. The lowest BCUT2D eigenvalue weighted by Gasteiger charge is -2.20. The Kier molecular flexibility index (Phi) is 68.9. The van der Waals surface area contributed by atoms with Crippen LogP contribution in [-0.4, -0.2) is 47.4 Å². The summed E-state index contributed by atoms with van der Waals surface area (Å²) in [7, 11) is 0. The molecule has 6 nitrogen and oxygen atoms in total. The maximum absolute atomic E-state index is 12.5. The Labute approximate surface area is 506 Å². The molecule has 1 amide bonds. The molecule has 0 aliphatic rings. The first-order valence-corrected chi connectivity index (χ1v) is 36.8. The first-order valence-electron chi connectivity index (χ1n) is 36.8. The van der Waals surface area contributed by atoms with Gasteiger partial charge in [0.05, 0.1) is 25.4 Å². The van der Waals surface area contributed by atoms with Crippen LogP contribution < -0.4 is 5.32 Å². The number of allylic oxidation sites excluding steroid dienone is 5. The fourth-order valence-electron chi connectivity index (χ4n) is 11.6. The van der Waals surface area contributed by atoms with Gasteiger partial charge in [0.1, 0.15) is 0 Å². The van der Waals surface area contributed by atoms with Crippen molar-refractivity contribution >= 4 is 11.9 Å². The molecule has 0 fully saturated rings. The Morgan fingerprint density at radius 3 is 0.938 bits per heavy atom. The minimum Gasteiger partial charge on any atom is -0.466 e. The summed E-state index contributed by atoms with van der Waals surface area (Å²) in [6.45, 7) is 4.94. The van der Waals surface area contributed by atoms with Crippen LogP contribution in [0.15, 0.2) is 36.5 Å². The van der Waals surface area contributed by atoms with Crippen LogP contribution in [-0.2, 0) is 14.3 Å². The third-order valence-electron chi connectivity index (χ3n) is 17.2. The number of rotatable bonds is 69. The molecule has 0 saturated carbocycles. The van der Waals surface area contributed by atoms with Gasteiger partial charge in [0.25, 0.3) is 0 Å². The fourth-order valence-corrected chi connectivity index (χ4v) is 11.6. The van der Waals surface area contributed by atoms with Crippen molar-refractivity contribution in [3.05, 3.63) is 36.5 Å². The molecule has 6 heteroatoms. The summed E-state index contributed by atoms with van der Waals surface area (Å²) in [5.41, 5.74) is 0. The topological polar surface area (TPSA) is 95.9 Å². The van der Waals surface area contributed by atoms with Crippen LogP contribution in [0.2, 0.25) is 0 Å². The van der Waals surface area contributed by atoms with Gasteiger partial charge < -0.3 is 20.3 Å². The van der Waals surface area contributed by atoms with Crippen molar-refractivity contribution in [2.24, 2.45) is 0 Å². The van der Waals surface area contributed by atoms with E-state index < -0.39 is 12.1 Å². The highest BCUT2D eigenvalue weighted by Gasteiger charge is 2.18. The van der Waals surface area contributed by atoms with Gasteiger partial charge in [-0.3, -0.25) is 9.59 Å². The lowest BCUT2D eigenvalue weighted by molar-refractivity contribution is -0.143. The van der Waals surface area contributed by atoms with Crippen LogP contribution in [0, 0.1) is 0 Å². The molecule has 81 heavy (non-hydrogen) atoms. The molecule has 2 atom stereocenters. The Balaban J connectivity index is 3.37. The molecule has 0 aromatic rings. The third kappa shape index (κ3) is 67.1. The second-order valence-corrected chi connectivity index (χ2v) is 25.3. The Morgan fingerprint density at radius 2 is 0.617 bits per heavy atom. The Hall–Kier alpha value is -1.92. The van der Waals surface area contributed by atoms with Crippen LogP contribution in [0.1, 0.15) is 406 Å². The highest BCUT2D eigenvalue weighted by atomic mass is 16.5. The zero-order chi connectivity index (χ0) is 58.5. The summed E-state index contributed by atoms with van der Waals surface area (Å²) in [6.07, 6.45) is 91.0. The summed E-state index contributed by atoms with van der Waals surface area (Å²) in [5.74, 6) is -0.0438.